The summed E-state index contributed by atoms with van der Waals surface area (Å²) in [7, 11) is 0. The Hall–Kier alpha value is -5.22. The van der Waals surface area contributed by atoms with Crippen LogP contribution in [0.1, 0.15) is 34.7 Å². The summed E-state index contributed by atoms with van der Waals surface area (Å²) in [6.45, 7) is 3.23. The molecule has 0 spiro atoms. The van der Waals surface area contributed by atoms with Crippen LogP contribution in [0.2, 0.25) is 0 Å². The first-order chi connectivity index (χ1) is 21.9. The molecule has 5 N–H and O–H groups in total. The van der Waals surface area contributed by atoms with E-state index in [1.807, 2.05) is 91.9 Å². The van der Waals surface area contributed by atoms with Gasteiger partial charge in [0.05, 0.1) is 12.6 Å². The summed E-state index contributed by atoms with van der Waals surface area (Å²) in [5, 5.41) is 8.48. The molecule has 0 aliphatic rings. The van der Waals surface area contributed by atoms with E-state index in [-0.39, 0.29) is 25.5 Å². The van der Waals surface area contributed by atoms with E-state index in [9.17, 15) is 14.4 Å². The zero-order valence-corrected chi connectivity index (χ0v) is 25.3. The van der Waals surface area contributed by atoms with Gasteiger partial charge in [-0.25, -0.2) is 4.79 Å². The third kappa shape index (κ3) is 11.1. The third-order valence-corrected chi connectivity index (χ3v) is 6.96. The Labute approximate surface area is 263 Å². The molecule has 10 nitrogen and oxygen atoms in total. The fourth-order valence-electron chi connectivity index (χ4n) is 4.51. The first-order valence-electron chi connectivity index (χ1n) is 14.9. The quantitative estimate of drug-likeness (QED) is 0.160. The number of nitrogens with zero attached hydrogens (tertiary/aromatic N) is 1. The molecule has 4 rings (SSSR count). The number of amides is 3. The van der Waals surface area contributed by atoms with Gasteiger partial charge in [0.2, 0.25) is 11.8 Å². The second-order valence-corrected chi connectivity index (χ2v) is 10.5. The molecule has 3 amide bonds. The van der Waals surface area contributed by atoms with E-state index < -0.39 is 24.1 Å². The lowest BCUT2D eigenvalue weighted by Gasteiger charge is -2.21. The van der Waals surface area contributed by atoms with Crippen LogP contribution >= 0.6 is 0 Å². The zero-order chi connectivity index (χ0) is 31.9. The van der Waals surface area contributed by atoms with Gasteiger partial charge in [-0.3, -0.25) is 14.6 Å². The van der Waals surface area contributed by atoms with Gasteiger partial charge in [-0.15, -0.1) is 0 Å². The van der Waals surface area contributed by atoms with Crippen LogP contribution in [0.15, 0.2) is 103 Å². The van der Waals surface area contributed by atoms with Crippen LogP contribution in [0.5, 0.6) is 5.75 Å². The maximum atomic E-state index is 13.3. The van der Waals surface area contributed by atoms with Crippen molar-refractivity contribution in [3.63, 3.8) is 0 Å². The van der Waals surface area contributed by atoms with Crippen LogP contribution in [-0.2, 0) is 46.9 Å². The maximum absolute atomic E-state index is 13.3. The predicted molar refractivity (Wildman–Crippen MR) is 171 cm³/mol. The Morgan fingerprint density at radius 2 is 1.38 bits per heavy atom. The number of pyridine rings is 1. The van der Waals surface area contributed by atoms with Crippen molar-refractivity contribution < 1.29 is 23.9 Å². The molecule has 1 heterocycles. The number of carbonyl (C=O) groups excluding carboxylic acids is 3. The van der Waals surface area contributed by atoms with E-state index in [1.54, 1.807) is 18.5 Å². The normalized spacial score (nSPS) is 12.0. The molecule has 1 aromatic heterocycles. The summed E-state index contributed by atoms with van der Waals surface area (Å²) in [4.78, 5) is 42.5. The number of nitrogens with one attached hydrogen (secondary N) is 3. The molecule has 2 atom stereocenters. The minimum atomic E-state index is -0.849. The predicted octanol–water partition coefficient (Wildman–Crippen LogP) is 3.82. The van der Waals surface area contributed by atoms with E-state index in [0.29, 0.717) is 19.6 Å². The lowest BCUT2D eigenvalue weighted by molar-refractivity contribution is -0.129. The monoisotopic (exact) mass is 609 g/mol. The van der Waals surface area contributed by atoms with Crippen molar-refractivity contribution in [2.75, 3.05) is 6.61 Å². The van der Waals surface area contributed by atoms with Gasteiger partial charge in [-0.1, -0.05) is 72.8 Å². The van der Waals surface area contributed by atoms with E-state index in [0.717, 1.165) is 33.6 Å². The molecule has 4 aromatic rings. The molecule has 234 valence electrons. The number of carbonyl (C=O) groups is 3. The Kier molecular flexibility index (Phi) is 12.5. The highest BCUT2D eigenvalue weighted by Gasteiger charge is 2.24. The number of aromatic nitrogens is 1. The van der Waals surface area contributed by atoms with Gasteiger partial charge >= 0.3 is 6.09 Å². The van der Waals surface area contributed by atoms with Gasteiger partial charge in [-0.05, 0) is 59.4 Å². The van der Waals surface area contributed by atoms with Crippen molar-refractivity contribution in [2.45, 2.75) is 51.5 Å². The highest BCUT2D eigenvalue weighted by atomic mass is 16.5. The second-order valence-electron chi connectivity index (χ2n) is 10.5. The van der Waals surface area contributed by atoms with Crippen LogP contribution in [-0.4, -0.2) is 41.6 Å². The Bertz CT molecular complexity index is 1500. The molecule has 0 saturated heterocycles. The molecular formula is C35H39N5O5. The number of alkyl carbamates (subject to hydrolysis) is 1. The van der Waals surface area contributed by atoms with E-state index in [4.69, 9.17) is 15.2 Å². The molecule has 0 bridgehead atoms. The number of rotatable bonds is 15. The van der Waals surface area contributed by atoms with Crippen LogP contribution < -0.4 is 26.4 Å². The zero-order valence-electron chi connectivity index (χ0n) is 25.3. The minimum Gasteiger partial charge on any atom is -0.494 e. The fourth-order valence-corrected chi connectivity index (χ4v) is 4.51. The van der Waals surface area contributed by atoms with E-state index in [1.165, 1.54) is 0 Å². The summed E-state index contributed by atoms with van der Waals surface area (Å²) in [5.74, 6) is -0.0162. The number of hydrogen-bond donors (Lipinski definition) is 4. The van der Waals surface area contributed by atoms with Crippen LogP contribution in [0.4, 0.5) is 4.79 Å². The van der Waals surface area contributed by atoms with Crippen molar-refractivity contribution in [3.05, 3.63) is 131 Å². The van der Waals surface area contributed by atoms with Gasteiger partial charge < -0.3 is 31.2 Å². The molecule has 0 aliphatic carbocycles. The molecular weight excluding hydrogens is 570 g/mol. The number of hydrogen-bond acceptors (Lipinski definition) is 7. The van der Waals surface area contributed by atoms with Crippen molar-refractivity contribution in [1.29, 1.82) is 0 Å². The van der Waals surface area contributed by atoms with Gasteiger partial charge in [0.1, 0.15) is 18.4 Å². The van der Waals surface area contributed by atoms with Gasteiger partial charge in [0, 0.05) is 31.9 Å². The van der Waals surface area contributed by atoms with Crippen LogP contribution in [0.25, 0.3) is 0 Å². The van der Waals surface area contributed by atoms with Gasteiger partial charge in [-0.2, -0.15) is 0 Å². The lowest BCUT2D eigenvalue weighted by atomic mass is 10.0. The topological polar surface area (TPSA) is 145 Å². The summed E-state index contributed by atoms with van der Waals surface area (Å²) >= 11 is 0. The first kappa shape index (κ1) is 32.7. The lowest BCUT2D eigenvalue weighted by Crippen LogP contribution is -2.52. The number of nitrogens with two attached hydrogens (primary N) is 1. The number of ether oxygens (including phenoxy) is 2. The first-order valence-corrected chi connectivity index (χ1v) is 14.9. The Morgan fingerprint density at radius 3 is 2.02 bits per heavy atom. The number of benzene rings is 3. The Balaban J connectivity index is 1.28. The van der Waals surface area contributed by atoms with Crippen molar-refractivity contribution in [3.8, 4) is 5.75 Å². The summed E-state index contributed by atoms with van der Waals surface area (Å²) in [6.07, 6.45) is 3.38. The average molecular weight is 610 g/mol. The fraction of sp³-hybridized carbons (Fsp3) is 0.257. The molecule has 0 aliphatic heterocycles. The molecule has 10 heteroatoms. The summed E-state index contributed by atoms with van der Waals surface area (Å²) in [6, 6.07) is 26.3. The smallest absolute Gasteiger partial charge is 0.407 e. The average Bonchev–Trinajstić information content (AvgIpc) is 3.07. The third-order valence-electron chi connectivity index (χ3n) is 6.96. The van der Waals surface area contributed by atoms with Crippen molar-refractivity contribution in [2.24, 2.45) is 5.73 Å². The van der Waals surface area contributed by atoms with Gasteiger partial charge in [0.25, 0.3) is 0 Å². The van der Waals surface area contributed by atoms with Crippen LogP contribution in [0, 0.1) is 0 Å². The Morgan fingerprint density at radius 1 is 0.733 bits per heavy atom. The van der Waals surface area contributed by atoms with E-state index >= 15 is 0 Å². The minimum absolute atomic E-state index is 0.197. The highest BCUT2D eigenvalue weighted by molar-refractivity contribution is 5.90. The summed E-state index contributed by atoms with van der Waals surface area (Å²) in [5.41, 5.74) is 10.6. The molecule has 0 fully saturated rings. The molecule has 0 radical (unpaired) electrons. The van der Waals surface area contributed by atoms with Crippen molar-refractivity contribution >= 4 is 17.9 Å². The van der Waals surface area contributed by atoms with Gasteiger partial charge in [0.15, 0.2) is 0 Å². The largest absolute Gasteiger partial charge is 0.494 e. The molecule has 0 saturated carbocycles. The SMILES string of the molecule is CCOc1ccc(CC(N)C(=O)NC(Cc2cccnc2)C(=O)NCc2ccc(CNC(=O)OCc3ccccc3)cc2)cc1. The van der Waals surface area contributed by atoms with E-state index in [2.05, 4.69) is 20.9 Å². The standard InChI is InChI=1S/C35H39N5O5/c1-2-44-30-16-14-25(15-17-30)19-31(36)33(41)40-32(20-29-9-6-18-37-21-29)34(42)38-22-26-10-12-27(13-11-26)23-39-35(43)45-24-28-7-4-3-5-8-28/h3-18,21,31-32H,2,19-20,22-24,36H2,1H3,(H,38,42)(H,39,43)(H,40,41). The molecule has 45 heavy (non-hydrogen) atoms. The summed E-state index contributed by atoms with van der Waals surface area (Å²) < 4.78 is 10.7. The highest BCUT2D eigenvalue weighted by Crippen LogP contribution is 2.13. The van der Waals surface area contributed by atoms with Crippen molar-refractivity contribution in [1.82, 2.24) is 20.9 Å². The second kappa shape index (κ2) is 17.2. The maximum Gasteiger partial charge on any atom is 0.407 e. The molecule has 2 unspecified atom stereocenters. The molecule has 3 aromatic carbocycles. The van der Waals surface area contributed by atoms with Crippen LogP contribution in [0.3, 0.4) is 0 Å².